The van der Waals surface area contributed by atoms with Crippen molar-refractivity contribution in [1.29, 1.82) is 0 Å². The number of hydrogen-bond acceptors (Lipinski definition) is 1. The highest BCUT2D eigenvalue weighted by Gasteiger charge is 2.27. The van der Waals surface area contributed by atoms with Gasteiger partial charge in [0.15, 0.2) is 0 Å². The van der Waals surface area contributed by atoms with E-state index < -0.39 is 0 Å². The standard InChI is InChI=1S/C58H32O/c1-3-13-33(14-4-1)37-21-7-8-22-38(37)55-49-31-47-43-29-27-41-39-23-9-15-34-16-10-24-40(51(34)39)42-28-30-44(54(43)53(41)42)48(47)32-50(49)58(59-36-19-5-2-6-20-36)57-46-26-12-18-35-17-11-25-45(52(35)46)56(55)57/h1-32H. The number of para-hydroxylation sites is 1. The summed E-state index contributed by atoms with van der Waals surface area (Å²) < 4.78 is 7.25. The zero-order chi connectivity index (χ0) is 38.3. The van der Waals surface area contributed by atoms with Crippen LogP contribution in [0.15, 0.2) is 194 Å². The molecule has 0 aromatic heterocycles. The molecule has 0 aliphatic heterocycles. The van der Waals surface area contributed by atoms with E-state index in [2.05, 4.69) is 194 Å². The number of fused-ring (bicyclic) bond motifs is 9. The highest BCUT2D eigenvalue weighted by molar-refractivity contribution is 6.44. The zero-order valence-electron chi connectivity index (χ0n) is 31.9. The third-order valence-electron chi connectivity index (χ3n) is 13.3. The van der Waals surface area contributed by atoms with Gasteiger partial charge >= 0.3 is 0 Å². The van der Waals surface area contributed by atoms with Crippen molar-refractivity contribution < 1.29 is 4.74 Å². The second-order valence-electron chi connectivity index (χ2n) is 16.2. The first-order valence-corrected chi connectivity index (χ1v) is 20.5. The number of hydrogen-bond donors (Lipinski definition) is 0. The Balaban J connectivity index is 1.23. The molecule has 0 saturated heterocycles. The van der Waals surface area contributed by atoms with E-state index in [1.807, 2.05) is 0 Å². The third-order valence-corrected chi connectivity index (χ3v) is 13.3. The van der Waals surface area contributed by atoms with E-state index in [-0.39, 0.29) is 0 Å². The molecule has 14 aromatic rings. The van der Waals surface area contributed by atoms with Gasteiger partial charge in [-0.1, -0.05) is 170 Å². The van der Waals surface area contributed by atoms with Crippen LogP contribution < -0.4 is 4.74 Å². The highest BCUT2D eigenvalue weighted by Crippen LogP contribution is 2.55. The lowest BCUT2D eigenvalue weighted by molar-refractivity contribution is 0.494. The highest BCUT2D eigenvalue weighted by atomic mass is 16.5. The Labute approximate surface area is 338 Å². The van der Waals surface area contributed by atoms with Crippen molar-refractivity contribution in [2.24, 2.45) is 0 Å². The maximum absolute atomic E-state index is 7.25. The summed E-state index contributed by atoms with van der Waals surface area (Å²) in [7, 11) is 0. The van der Waals surface area contributed by atoms with E-state index in [1.54, 1.807) is 0 Å². The average Bonchev–Trinajstić information content (AvgIpc) is 3.80. The topological polar surface area (TPSA) is 9.23 Å². The van der Waals surface area contributed by atoms with E-state index in [0.29, 0.717) is 0 Å². The summed E-state index contributed by atoms with van der Waals surface area (Å²) in [5.41, 5.74) is 4.87. The van der Waals surface area contributed by atoms with Crippen LogP contribution in [0.2, 0.25) is 0 Å². The van der Waals surface area contributed by atoms with Crippen LogP contribution in [0.3, 0.4) is 0 Å². The van der Waals surface area contributed by atoms with E-state index in [0.717, 1.165) is 22.3 Å². The lowest BCUT2D eigenvalue weighted by Crippen LogP contribution is -1.93. The lowest BCUT2D eigenvalue weighted by atomic mass is 9.86. The normalized spacial score (nSPS) is 12.4. The minimum Gasteiger partial charge on any atom is -0.456 e. The van der Waals surface area contributed by atoms with Gasteiger partial charge in [-0.15, -0.1) is 0 Å². The van der Waals surface area contributed by atoms with Crippen LogP contribution in [0.5, 0.6) is 11.5 Å². The van der Waals surface area contributed by atoms with Gasteiger partial charge in [-0.05, 0) is 138 Å². The van der Waals surface area contributed by atoms with Crippen LogP contribution in [0, 0.1) is 0 Å². The Morgan fingerprint density at radius 3 is 1.32 bits per heavy atom. The van der Waals surface area contributed by atoms with E-state index >= 15 is 0 Å². The fourth-order valence-electron chi connectivity index (χ4n) is 11.0. The third kappa shape index (κ3) is 4.09. The van der Waals surface area contributed by atoms with Crippen molar-refractivity contribution in [3.05, 3.63) is 194 Å². The van der Waals surface area contributed by atoms with Crippen LogP contribution in [0.1, 0.15) is 0 Å². The van der Waals surface area contributed by atoms with Crippen molar-refractivity contribution in [3.8, 4) is 33.8 Å². The summed E-state index contributed by atoms with van der Waals surface area (Å²) in [6.45, 7) is 0. The monoisotopic (exact) mass is 744 g/mol. The summed E-state index contributed by atoms with van der Waals surface area (Å²) in [6.07, 6.45) is 0. The summed E-state index contributed by atoms with van der Waals surface area (Å²) in [4.78, 5) is 0. The van der Waals surface area contributed by atoms with E-state index in [4.69, 9.17) is 4.74 Å². The van der Waals surface area contributed by atoms with Gasteiger partial charge in [0, 0.05) is 16.2 Å². The van der Waals surface area contributed by atoms with Crippen molar-refractivity contribution >= 4 is 108 Å². The van der Waals surface area contributed by atoms with Crippen LogP contribution in [-0.4, -0.2) is 0 Å². The minimum absolute atomic E-state index is 0.826. The molecule has 270 valence electrons. The Bertz CT molecular complexity index is 3960. The summed E-state index contributed by atoms with van der Waals surface area (Å²) in [5.74, 6) is 1.73. The molecule has 59 heavy (non-hydrogen) atoms. The molecule has 0 heterocycles. The molecule has 1 nitrogen and oxygen atoms in total. The first-order chi connectivity index (χ1) is 29.3. The smallest absolute Gasteiger partial charge is 0.143 e. The molecule has 0 spiro atoms. The van der Waals surface area contributed by atoms with Crippen molar-refractivity contribution in [3.63, 3.8) is 0 Å². The second-order valence-corrected chi connectivity index (χ2v) is 16.2. The van der Waals surface area contributed by atoms with Gasteiger partial charge in [-0.3, -0.25) is 0 Å². The predicted octanol–water partition coefficient (Wildman–Crippen LogP) is 16.7. The van der Waals surface area contributed by atoms with Gasteiger partial charge in [0.05, 0.1) is 0 Å². The summed E-state index contributed by atoms with van der Waals surface area (Å²) >= 11 is 0. The summed E-state index contributed by atoms with van der Waals surface area (Å²) in [6, 6.07) is 71.6. The molecule has 14 aromatic carbocycles. The number of benzene rings is 12. The molecule has 0 N–H and O–H groups in total. The summed E-state index contributed by atoms with van der Waals surface area (Å²) in [5, 5.41) is 25.4. The predicted molar refractivity (Wildman–Crippen MR) is 252 cm³/mol. The molecule has 0 fully saturated rings. The molecule has 0 aliphatic rings. The molecule has 0 radical (unpaired) electrons. The van der Waals surface area contributed by atoms with Gasteiger partial charge in [0.25, 0.3) is 0 Å². The first-order valence-electron chi connectivity index (χ1n) is 20.5. The fraction of sp³-hybridized carbons (Fsp3) is 0. The Morgan fingerprint density at radius 1 is 0.254 bits per heavy atom. The van der Waals surface area contributed by atoms with Crippen LogP contribution in [0.25, 0.3) is 130 Å². The zero-order valence-corrected chi connectivity index (χ0v) is 31.9. The Kier molecular flexibility index (Phi) is 6.08. The molecule has 0 saturated carbocycles. The fourth-order valence-corrected chi connectivity index (χ4v) is 11.0. The largest absolute Gasteiger partial charge is 0.456 e. The molecular formula is C58H32O. The van der Waals surface area contributed by atoms with E-state index in [9.17, 15) is 0 Å². The van der Waals surface area contributed by atoms with Crippen molar-refractivity contribution in [1.82, 2.24) is 0 Å². The van der Waals surface area contributed by atoms with Crippen LogP contribution in [0.4, 0.5) is 0 Å². The van der Waals surface area contributed by atoms with Gasteiger partial charge < -0.3 is 4.74 Å². The molecule has 0 atom stereocenters. The molecular weight excluding hydrogens is 713 g/mol. The SMILES string of the molecule is c1ccc(Oc2c3cc4c(cc3c(-c3ccccc3-c3ccccc3)c3c5cccc6cccc(c23)c65)c2ccc3c5cccc6cccc(c7ccc4c2c73)c65)cc1. The van der Waals surface area contributed by atoms with Gasteiger partial charge in [-0.25, -0.2) is 0 Å². The maximum atomic E-state index is 7.25. The van der Waals surface area contributed by atoms with Crippen molar-refractivity contribution in [2.75, 3.05) is 0 Å². The number of rotatable bonds is 4. The van der Waals surface area contributed by atoms with Crippen LogP contribution in [-0.2, 0) is 0 Å². The maximum Gasteiger partial charge on any atom is 0.143 e. The van der Waals surface area contributed by atoms with Crippen molar-refractivity contribution in [2.45, 2.75) is 0 Å². The minimum atomic E-state index is 0.826. The number of ether oxygens (including phenoxy) is 1. The van der Waals surface area contributed by atoms with Gasteiger partial charge in [0.1, 0.15) is 11.5 Å². The van der Waals surface area contributed by atoms with E-state index in [1.165, 1.54) is 119 Å². The van der Waals surface area contributed by atoms with Gasteiger partial charge in [0.2, 0.25) is 0 Å². The molecule has 1 heteroatoms. The first kappa shape index (κ1) is 31.4. The molecule has 0 aliphatic carbocycles. The second kappa shape index (κ2) is 11.4. The Morgan fingerprint density at radius 2 is 0.712 bits per heavy atom. The quantitative estimate of drug-likeness (QED) is 0.129. The lowest BCUT2D eigenvalue weighted by Gasteiger charge is -2.19. The van der Waals surface area contributed by atoms with Crippen LogP contribution >= 0.6 is 0 Å². The molecule has 14 rings (SSSR count). The molecule has 0 unspecified atom stereocenters. The molecule has 0 amide bonds. The van der Waals surface area contributed by atoms with Gasteiger partial charge in [-0.2, -0.15) is 0 Å². The molecule has 0 bridgehead atoms. The Hall–Kier alpha value is -7.74. The average molecular weight is 745 g/mol.